The molecule has 1 N–H and O–H groups in total. The Morgan fingerprint density at radius 3 is 2.12 bits per heavy atom. The van der Waals surface area contributed by atoms with Gasteiger partial charge in [-0.25, -0.2) is 0 Å². The zero-order valence-electron chi connectivity index (χ0n) is 13.5. The Bertz CT molecular complexity index is 837. The molecule has 1 heterocycles. The highest BCUT2D eigenvalue weighted by molar-refractivity contribution is 6.33. The molecule has 4 rings (SSSR count). The molecule has 0 radical (unpaired) electrons. The monoisotopic (exact) mass is 323 g/mol. The first kappa shape index (κ1) is 14.9. The number of hydrogen-bond donors (Lipinski definition) is 1. The van der Waals surface area contributed by atoms with E-state index in [-0.39, 0.29) is 11.6 Å². The maximum Gasteiger partial charge on any atom is 0.196 e. The number of carbonyl (C=O) groups is 2. The lowest BCUT2D eigenvalue weighted by Gasteiger charge is -2.34. The molecule has 5 nitrogen and oxygen atoms in total. The fourth-order valence-electron chi connectivity index (χ4n) is 3.75. The van der Waals surface area contributed by atoms with Crippen LogP contribution in [0.1, 0.15) is 31.8 Å². The van der Waals surface area contributed by atoms with Crippen LogP contribution in [-0.2, 0) is 12.0 Å². The van der Waals surface area contributed by atoms with Crippen LogP contribution in [0.15, 0.2) is 36.4 Å². The third-order valence-electron chi connectivity index (χ3n) is 4.90. The smallest absolute Gasteiger partial charge is 0.196 e. The fourth-order valence-corrected chi connectivity index (χ4v) is 3.75. The molecule has 5 heteroatoms. The molecule has 0 saturated carbocycles. The highest BCUT2D eigenvalue weighted by Crippen LogP contribution is 2.44. The van der Waals surface area contributed by atoms with E-state index >= 15 is 0 Å². The van der Waals surface area contributed by atoms with Crippen LogP contribution < -0.4 is 14.8 Å². The van der Waals surface area contributed by atoms with Crippen LogP contribution in [0.2, 0.25) is 0 Å². The number of Topliss-reactive ketones (excluding diaryl/α,β-unsaturated/α-hetero) is 2. The minimum Gasteiger partial charge on any atom is -0.493 e. The third kappa shape index (κ3) is 1.73. The number of carbonyl (C=O) groups excluding carboxylic acids is 2. The Kier molecular flexibility index (Phi) is 3.21. The summed E-state index contributed by atoms with van der Waals surface area (Å²) < 4.78 is 10.7. The van der Waals surface area contributed by atoms with Gasteiger partial charge in [0.05, 0.1) is 14.2 Å². The molecule has 2 aliphatic rings. The summed E-state index contributed by atoms with van der Waals surface area (Å²) in [7, 11) is 3.11. The molecule has 0 unspecified atom stereocenters. The summed E-state index contributed by atoms with van der Waals surface area (Å²) in [5.74, 6) is 0.715. The van der Waals surface area contributed by atoms with Gasteiger partial charge in [-0.15, -0.1) is 0 Å². The summed E-state index contributed by atoms with van der Waals surface area (Å²) in [6.45, 7) is 0.550. The van der Waals surface area contributed by atoms with E-state index in [0.29, 0.717) is 41.2 Å². The SMILES string of the molecule is COc1cc2c(cc1OC)C1(NCC2)C(=O)c2ccccc2C1=O. The van der Waals surface area contributed by atoms with Gasteiger partial charge in [-0.1, -0.05) is 24.3 Å². The third-order valence-corrected chi connectivity index (χ3v) is 4.90. The Hall–Kier alpha value is -2.66. The first-order valence-electron chi connectivity index (χ1n) is 7.82. The number of fused-ring (bicyclic) bond motifs is 3. The van der Waals surface area contributed by atoms with Crippen LogP contribution in [0.5, 0.6) is 11.5 Å². The van der Waals surface area contributed by atoms with Gasteiger partial charge < -0.3 is 9.47 Å². The van der Waals surface area contributed by atoms with Crippen LogP contribution in [0.3, 0.4) is 0 Å². The standard InChI is InChI=1S/C19H17NO4/c1-23-15-9-11-7-8-20-19(14(11)10-16(15)24-2)17(21)12-5-3-4-6-13(12)18(19)22/h3-6,9-10,20H,7-8H2,1-2H3. The fraction of sp³-hybridized carbons (Fsp3) is 0.263. The predicted octanol–water partition coefficient (Wildman–Crippen LogP) is 2.12. The van der Waals surface area contributed by atoms with Gasteiger partial charge in [-0.2, -0.15) is 0 Å². The summed E-state index contributed by atoms with van der Waals surface area (Å²) in [6.07, 6.45) is 0.717. The second kappa shape index (κ2) is 5.18. The van der Waals surface area contributed by atoms with Crippen molar-refractivity contribution in [2.75, 3.05) is 20.8 Å². The van der Waals surface area contributed by atoms with E-state index in [1.807, 2.05) is 6.07 Å². The number of ether oxygens (including phenoxy) is 2. The topological polar surface area (TPSA) is 64.6 Å². The Labute approximate surface area is 139 Å². The van der Waals surface area contributed by atoms with Crippen LogP contribution in [0, 0.1) is 0 Å². The largest absolute Gasteiger partial charge is 0.493 e. The second-order valence-electron chi connectivity index (χ2n) is 5.99. The van der Waals surface area contributed by atoms with Crippen molar-refractivity contribution in [3.8, 4) is 11.5 Å². The zero-order chi connectivity index (χ0) is 16.9. The molecule has 0 aromatic heterocycles. The maximum absolute atomic E-state index is 13.1. The van der Waals surface area contributed by atoms with E-state index in [1.165, 1.54) is 0 Å². The first-order valence-corrected chi connectivity index (χ1v) is 7.82. The number of ketones is 2. The minimum absolute atomic E-state index is 0.198. The summed E-state index contributed by atoms with van der Waals surface area (Å²) in [4.78, 5) is 26.3. The van der Waals surface area contributed by atoms with Crippen molar-refractivity contribution in [3.63, 3.8) is 0 Å². The molecule has 0 fully saturated rings. The minimum atomic E-state index is -1.35. The molecule has 1 aliphatic carbocycles. The van der Waals surface area contributed by atoms with Crippen molar-refractivity contribution in [2.24, 2.45) is 0 Å². The molecule has 0 saturated heterocycles. The van der Waals surface area contributed by atoms with E-state index in [1.54, 1.807) is 44.6 Å². The predicted molar refractivity (Wildman–Crippen MR) is 88.0 cm³/mol. The van der Waals surface area contributed by atoms with Gasteiger partial charge >= 0.3 is 0 Å². The number of methoxy groups -OCH3 is 2. The van der Waals surface area contributed by atoms with Crippen molar-refractivity contribution >= 4 is 11.6 Å². The molecule has 122 valence electrons. The molecule has 2 aromatic rings. The lowest BCUT2D eigenvalue weighted by Crippen LogP contribution is -2.55. The van der Waals surface area contributed by atoms with E-state index in [4.69, 9.17) is 9.47 Å². The van der Waals surface area contributed by atoms with Gasteiger partial charge in [0.15, 0.2) is 28.6 Å². The Morgan fingerprint density at radius 1 is 0.958 bits per heavy atom. The summed E-state index contributed by atoms with van der Waals surface area (Å²) >= 11 is 0. The molecule has 0 atom stereocenters. The van der Waals surface area contributed by atoms with Crippen LogP contribution in [0.25, 0.3) is 0 Å². The molecule has 2 aromatic carbocycles. The van der Waals surface area contributed by atoms with Gasteiger partial charge in [0.2, 0.25) is 0 Å². The highest BCUT2D eigenvalue weighted by Gasteiger charge is 2.56. The Morgan fingerprint density at radius 2 is 1.54 bits per heavy atom. The van der Waals surface area contributed by atoms with E-state index in [2.05, 4.69) is 5.32 Å². The van der Waals surface area contributed by atoms with Crippen molar-refractivity contribution in [2.45, 2.75) is 12.0 Å². The lowest BCUT2D eigenvalue weighted by atomic mass is 9.78. The van der Waals surface area contributed by atoms with E-state index < -0.39 is 5.54 Å². The highest BCUT2D eigenvalue weighted by atomic mass is 16.5. The number of rotatable bonds is 2. The lowest BCUT2D eigenvalue weighted by molar-refractivity contribution is 0.0746. The maximum atomic E-state index is 13.1. The molecular formula is C19H17NO4. The quantitative estimate of drug-likeness (QED) is 0.858. The van der Waals surface area contributed by atoms with Gasteiger partial charge in [0.25, 0.3) is 0 Å². The summed E-state index contributed by atoms with van der Waals surface area (Å²) in [6, 6.07) is 10.6. The van der Waals surface area contributed by atoms with E-state index in [9.17, 15) is 9.59 Å². The molecule has 24 heavy (non-hydrogen) atoms. The van der Waals surface area contributed by atoms with E-state index in [0.717, 1.165) is 5.56 Å². The van der Waals surface area contributed by atoms with Crippen molar-refractivity contribution < 1.29 is 19.1 Å². The second-order valence-corrected chi connectivity index (χ2v) is 5.99. The normalized spacial score (nSPS) is 17.6. The van der Waals surface area contributed by atoms with Gasteiger partial charge in [0.1, 0.15) is 0 Å². The molecule has 0 bridgehead atoms. The molecule has 1 spiro atoms. The van der Waals surface area contributed by atoms with Crippen LogP contribution in [-0.4, -0.2) is 32.3 Å². The van der Waals surface area contributed by atoms with Gasteiger partial charge in [-0.3, -0.25) is 14.9 Å². The van der Waals surface area contributed by atoms with Crippen molar-refractivity contribution in [1.82, 2.24) is 5.32 Å². The zero-order valence-corrected chi connectivity index (χ0v) is 13.5. The van der Waals surface area contributed by atoms with Crippen molar-refractivity contribution in [1.29, 1.82) is 0 Å². The molecule has 1 aliphatic heterocycles. The first-order chi connectivity index (χ1) is 11.6. The molecule has 0 amide bonds. The van der Waals surface area contributed by atoms with Crippen LogP contribution in [0.4, 0.5) is 0 Å². The van der Waals surface area contributed by atoms with Gasteiger partial charge in [0, 0.05) is 17.7 Å². The summed E-state index contributed by atoms with van der Waals surface area (Å²) in [5, 5.41) is 3.19. The van der Waals surface area contributed by atoms with Crippen LogP contribution >= 0.6 is 0 Å². The number of benzene rings is 2. The summed E-state index contributed by atoms with van der Waals surface area (Å²) in [5.41, 5.74) is 1.19. The Balaban J connectivity index is 1.98. The number of hydrogen-bond acceptors (Lipinski definition) is 5. The number of nitrogens with one attached hydrogen (secondary N) is 1. The average Bonchev–Trinajstić information content (AvgIpc) is 2.84. The van der Waals surface area contributed by atoms with Crippen molar-refractivity contribution in [3.05, 3.63) is 58.7 Å². The average molecular weight is 323 g/mol. The molecular weight excluding hydrogens is 306 g/mol. The van der Waals surface area contributed by atoms with Gasteiger partial charge in [-0.05, 0) is 29.7 Å².